The summed E-state index contributed by atoms with van der Waals surface area (Å²) in [5.41, 5.74) is 5.67. The fourth-order valence-corrected chi connectivity index (χ4v) is 4.18. The van der Waals surface area contributed by atoms with Gasteiger partial charge in [0.05, 0.1) is 23.8 Å². The maximum absolute atomic E-state index is 14.8. The molecule has 2 bridgehead atoms. The Morgan fingerprint density at radius 3 is 2.67 bits per heavy atom. The average Bonchev–Trinajstić information content (AvgIpc) is 3.39. The van der Waals surface area contributed by atoms with Crippen LogP contribution in [0.3, 0.4) is 0 Å². The summed E-state index contributed by atoms with van der Waals surface area (Å²) in [6, 6.07) is 2.82. The SMILES string of the molecule is CC(C)(O)C#Cc1cc2c(cc1F)C1=CC(C1)n1c-2nc(C(N)=O)c1CNC(=O)C1(O)CC1. The largest absolute Gasteiger partial charge is 0.380 e. The topological polar surface area (TPSA) is 130 Å². The zero-order valence-electron chi connectivity index (χ0n) is 18.2. The zero-order valence-corrected chi connectivity index (χ0v) is 18.2. The second kappa shape index (κ2) is 7.01. The van der Waals surface area contributed by atoms with Crippen LogP contribution in [0.15, 0.2) is 18.2 Å². The Balaban J connectivity index is 1.63. The van der Waals surface area contributed by atoms with Crippen LogP contribution >= 0.6 is 0 Å². The molecule has 1 saturated carbocycles. The first-order valence-electron chi connectivity index (χ1n) is 10.7. The number of nitrogens with zero attached hydrogens (tertiary/aromatic N) is 2. The third-order valence-electron chi connectivity index (χ3n) is 6.16. The highest BCUT2D eigenvalue weighted by Crippen LogP contribution is 2.48. The Morgan fingerprint density at radius 2 is 2.06 bits per heavy atom. The number of amides is 2. The number of aromatic nitrogens is 2. The first kappa shape index (κ1) is 21.4. The lowest BCUT2D eigenvalue weighted by atomic mass is 9.86. The molecule has 170 valence electrons. The van der Waals surface area contributed by atoms with Crippen LogP contribution in [-0.2, 0) is 11.3 Å². The third kappa shape index (κ3) is 3.61. The molecule has 1 fully saturated rings. The van der Waals surface area contributed by atoms with Gasteiger partial charge in [0.1, 0.15) is 22.8 Å². The van der Waals surface area contributed by atoms with Gasteiger partial charge in [-0.15, -0.1) is 0 Å². The Kier molecular flexibility index (Phi) is 4.54. The molecule has 8 nitrogen and oxygen atoms in total. The highest BCUT2D eigenvalue weighted by Gasteiger charge is 2.48. The summed E-state index contributed by atoms with van der Waals surface area (Å²) in [5, 5.41) is 22.6. The summed E-state index contributed by atoms with van der Waals surface area (Å²) < 4.78 is 16.6. The second-order valence-electron chi connectivity index (χ2n) is 9.33. The maximum Gasteiger partial charge on any atom is 0.269 e. The molecule has 2 amide bonds. The van der Waals surface area contributed by atoms with Crippen molar-refractivity contribution in [1.82, 2.24) is 14.9 Å². The Morgan fingerprint density at radius 1 is 1.36 bits per heavy atom. The number of nitrogens with two attached hydrogens (primary N) is 1. The number of halogens is 1. The Hall–Kier alpha value is -3.48. The van der Waals surface area contributed by atoms with E-state index < -0.39 is 28.8 Å². The summed E-state index contributed by atoms with van der Waals surface area (Å²) in [6.45, 7) is 2.98. The molecule has 4 aliphatic rings. The van der Waals surface area contributed by atoms with Crippen LogP contribution in [0.5, 0.6) is 0 Å². The van der Waals surface area contributed by atoms with Gasteiger partial charge in [-0.2, -0.15) is 0 Å². The molecule has 2 aliphatic heterocycles. The van der Waals surface area contributed by atoms with Crippen molar-refractivity contribution in [1.29, 1.82) is 0 Å². The smallest absolute Gasteiger partial charge is 0.269 e. The van der Waals surface area contributed by atoms with E-state index in [0.29, 0.717) is 41.9 Å². The van der Waals surface area contributed by atoms with Gasteiger partial charge in [-0.25, -0.2) is 9.37 Å². The van der Waals surface area contributed by atoms with Crippen molar-refractivity contribution >= 4 is 17.4 Å². The highest BCUT2D eigenvalue weighted by atomic mass is 19.1. The molecular formula is C24H23FN4O4. The second-order valence-corrected chi connectivity index (χ2v) is 9.33. The number of rotatable bonds is 4. The van der Waals surface area contributed by atoms with Crippen LogP contribution in [0, 0.1) is 17.7 Å². The summed E-state index contributed by atoms with van der Waals surface area (Å²) in [6.07, 6.45) is 3.36. The Labute approximate surface area is 189 Å². The predicted octanol–water partition coefficient (Wildman–Crippen LogP) is 1.39. The molecule has 6 rings (SSSR count). The first-order valence-corrected chi connectivity index (χ1v) is 10.7. The molecule has 1 aromatic heterocycles. The number of nitrogens with one attached hydrogen (secondary N) is 1. The van der Waals surface area contributed by atoms with Crippen LogP contribution in [0.2, 0.25) is 0 Å². The van der Waals surface area contributed by atoms with Crippen molar-refractivity contribution in [2.45, 2.75) is 56.9 Å². The lowest BCUT2D eigenvalue weighted by Crippen LogP contribution is -2.37. The van der Waals surface area contributed by atoms with E-state index in [0.717, 1.165) is 5.57 Å². The van der Waals surface area contributed by atoms with Gasteiger partial charge >= 0.3 is 0 Å². The van der Waals surface area contributed by atoms with Crippen molar-refractivity contribution in [3.63, 3.8) is 0 Å². The quantitative estimate of drug-likeness (QED) is 0.523. The highest BCUT2D eigenvalue weighted by molar-refractivity contribution is 5.95. The van der Waals surface area contributed by atoms with E-state index in [4.69, 9.17) is 5.73 Å². The molecule has 1 atom stereocenters. The molecular weight excluding hydrogens is 427 g/mol. The minimum atomic E-state index is -1.35. The summed E-state index contributed by atoms with van der Waals surface area (Å²) in [5.74, 6) is 3.95. The van der Waals surface area contributed by atoms with Gasteiger partial charge in [0.25, 0.3) is 11.8 Å². The van der Waals surface area contributed by atoms with Crippen molar-refractivity contribution in [3.8, 4) is 23.2 Å². The molecule has 1 aromatic carbocycles. The van der Waals surface area contributed by atoms with Crippen molar-refractivity contribution in [2.75, 3.05) is 0 Å². The van der Waals surface area contributed by atoms with Crippen LogP contribution < -0.4 is 11.1 Å². The average molecular weight is 450 g/mol. The van der Waals surface area contributed by atoms with E-state index in [-0.39, 0.29) is 23.8 Å². The number of allylic oxidation sites excluding steroid dienone is 2. The number of primary amides is 1. The molecule has 33 heavy (non-hydrogen) atoms. The fourth-order valence-electron chi connectivity index (χ4n) is 4.18. The number of hydrogen-bond acceptors (Lipinski definition) is 5. The molecule has 0 saturated heterocycles. The van der Waals surface area contributed by atoms with Crippen LogP contribution in [0.1, 0.15) is 66.5 Å². The Bertz CT molecular complexity index is 1320. The lowest BCUT2D eigenvalue weighted by molar-refractivity contribution is -0.131. The molecule has 3 heterocycles. The number of carbonyl (C=O) groups excluding carboxylic acids is 2. The van der Waals surface area contributed by atoms with Gasteiger partial charge in [-0.1, -0.05) is 17.9 Å². The molecule has 0 spiro atoms. The molecule has 5 N–H and O–H groups in total. The van der Waals surface area contributed by atoms with E-state index in [2.05, 4.69) is 22.1 Å². The van der Waals surface area contributed by atoms with Gasteiger partial charge in [0, 0.05) is 5.56 Å². The van der Waals surface area contributed by atoms with Crippen molar-refractivity contribution < 1.29 is 24.2 Å². The van der Waals surface area contributed by atoms with Gasteiger partial charge in [-0.3, -0.25) is 9.59 Å². The number of carbonyl (C=O) groups is 2. The fraction of sp³-hybridized carbons (Fsp3) is 0.375. The standard InChI is InChI=1S/C24H23FN4O4/c1-23(2,32)4-3-12-9-16-15(10-17(12)25)13-7-14(8-13)29-18(19(20(26)30)28-21(16)29)11-27-22(31)24(33)5-6-24/h7,9-10,14,32-33H,5-6,8,11H2,1-2H3,(H2,26,30)(H,27,31). The van der Waals surface area contributed by atoms with E-state index >= 15 is 0 Å². The van der Waals surface area contributed by atoms with E-state index in [1.54, 1.807) is 6.07 Å². The molecule has 2 aliphatic carbocycles. The predicted molar refractivity (Wildman–Crippen MR) is 117 cm³/mol. The number of benzene rings is 1. The van der Waals surface area contributed by atoms with Crippen molar-refractivity contribution in [2.24, 2.45) is 5.73 Å². The van der Waals surface area contributed by atoms with Gasteiger partial charge in [0.15, 0.2) is 5.69 Å². The summed E-state index contributed by atoms with van der Waals surface area (Å²) in [4.78, 5) is 29.0. The minimum absolute atomic E-state index is 0.0104. The van der Waals surface area contributed by atoms with E-state index in [1.807, 2.05) is 10.6 Å². The molecule has 9 heteroatoms. The monoisotopic (exact) mass is 450 g/mol. The van der Waals surface area contributed by atoms with Crippen molar-refractivity contribution in [3.05, 3.63) is 46.5 Å². The molecule has 1 unspecified atom stereocenters. The number of hydrogen-bond donors (Lipinski definition) is 4. The zero-order chi connectivity index (χ0) is 23.7. The minimum Gasteiger partial charge on any atom is -0.380 e. The third-order valence-corrected chi connectivity index (χ3v) is 6.16. The van der Waals surface area contributed by atoms with E-state index in [9.17, 15) is 24.2 Å². The number of aliphatic hydroxyl groups is 2. The van der Waals surface area contributed by atoms with Crippen LogP contribution in [0.25, 0.3) is 17.0 Å². The summed E-state index contributed by atoms with van der Waals surface area (Å²) in [7, 11) is 0. The van der Waals surface area contributed by atoms with Gasteiger partial charge in [-0.05, 0) is 56.4 Å². The van der Waals surface area contributed by atoms with Crippen LogP contribution in [0.4, 0.5) is 4.39 Å². The first-order chi connectivity index (χ1) is 15.5. The van der Waals surface area contributed by atoms with Crippen LogP contribution in [-0.4, -0.2) is 42.8 Å². The van der Waals surface area contributed by atoms with Gasteiger partial charge in [0.2, 0.25) is 0 Å². The maximum atomic E-state index is 14.8. The number of imidazole rings is 1. The lowest BCUT2D eigenvalue weighted by Gasteiger charge is -2.26. The summed E-state index contributed by atoms with van der Waals surface area (Å²) >= 11 is 0. The van der Waals surface area contributed by atoms with Gasteiger partial charge < -0.3 is 25.8 Å². The normalized spacial score (nSPS) is 19.1. The molecule has 0 radical (unpaired) electrons. The molecule has 2 aromatic rings. The van der Waals surface area contributed by atoms with E-state index in [1.165, 1.54) is 19.9 Å².